The molecule has 0 N–H and O–H groups in total. The zero-order valence-corrected chi connectivity index (χ0v) is 16.4. The highest BCUT2D eigenvalue weighted by atomic mass is 16.2. The van der Waals surface area contributed by atoms with Crippen LogP contribution in [-0.4, -0.2) is 61.8 Å². The van der Waals surface area contributed by atoms with E-state index in [1.54, 1.807) is 16.9 Å². The third-order valence-corrected chi connectivity index (χ3v) is 6.00. The van der Waals surface area contributed by atoms with Crippen LogP contribution in [-0.2, 0) is 4.79 Å². The summed E-state index contributed by atoms with van der Waals surface area (Å²) in [5, 5.41) is 13.3. The number of fused-ring (bicyclic) bond motifs is 1. The molecule has 1 aliphatic carbocycles. The molecule has 0 unspecified atom stereocenters. The van der Waals surface area contributed by atoms with Crippen LogP contribution < -0.4 is 4.90 Å². The molecule has 4 heterocycles. The van der Waals surface area contributed by atoms with E-state index >= 15 is 0 Å². The first kappa shape index (κ1) is 18.0. The van der Waals surface area contributed by atoms with Gasteiger partial charge >= 0.3 is 0 Å². The van der Waals surface area contributed by atoms with E-state index in [0.717, 1.165) is 56.8 Å². The van der Waals surface area contributed by atoms with Crippen LogP contribution in [0.15, 0.2) is 36.7 Å². The predicted octanol–water partition coefficient (Wildman–Crippen LogP) is 2.42. The molecule has 0 aromatic carbocycles. The number of amides is 1. The minimum absolute atomic E-state index is 0.245. The zero-order chi connectivity index (χ0) is 19.6. The SMILES string of the molecule is O=C(C1CCCC1)N1CCCN(c2ccc3nnc(-c4cccnc4)n3n2)CC1. The van der Waals surface area contributed by atoms with Crippen LogP contribution in [0.25, 0.3) is 17.0 Å². The van der Waals surface area contributed by atoms with Crippen LogP contribution in [0, 0.1) is 5.92 Å². The summed E-state index contributed by atoms with van der Waals surface area (Å²) in [6.45, 7) is 3.27. The Morgan fingerprint density at radius 3 is 2.69 bits per heavy atom. The molecule has 2 fully saturated rings. The number of anilines is 1. The lowest BCUT2D eigenvalue weighted by atomic mass is 10.1. The van der Waals surface area contributed by atoms with E-state index < -0.39 is 0 Å². The number of hydrogen-bond donors (Lipinski definition) is 0. The second-order valence-corrected chi connectivity index (χ2v) is 7.87. The molecule has 3 aromatic heterocycles. The normalized spacial score (nSPS) is 18.3. The second kappa shape index (κ2) is 7.77. The van der Waals surface area contributed by atoms with Crippen LogP contribution >= 0.6 is 0 Å². The molecule has 1 saturated carbocycles. The van der Waals surface area contributed by atoms with Crippen molar-refractivity contribution in [1.82, 2.24) is 29.7 Å². The maximum atomic E-state index is 12.8. The summed E-state index contributed by atoms with van der Waals surface area (Å²) in [4.78, 5) is 21.3. The zero-order valence-electron chi connectivity index (χ0n) is 16.4. The van der Waals surface area contributed by atoms with Gasteiger partial charge in [0.2, 0.25) is 5.91 Å². The van der Waals surface area contributed by atoms with Crippen LogP contribution in [0.4, 0.5) is 5.82 Å². The molecule has 29 heavy (non-hydrogen) atoms. The fourth-order valence-corrected chi connectivity index (χ4v) is 4.42. The Morgan fingerprint density at radius 1 is 0.966 bits per heavy atom. The number of rotatable bonds is 3. The molecule has 1 amide bonds. The predicted molar refractivity (Wildman–Crippen MR) is 109 cm³/mol. The van der Waals surface area contributed by atoms with Crippen molar-refractivity contribution in [2.75, 3.05) is 31.1 Å². The van der Waals surface area contributed by atoms with Crippen LogP contribution in [0.1, 0.15) is 32.1 Å². The number of nitrogens with zero attached hydrogens (tertiary/aromatic N) is 7. The van der Waals surface area contributed by atoms with Gasteiger partial charge in [-0.15, -0.1) is 15.3 Å². The minimum atomic E-state index is 0.245. The number of hydrogen-bond acceptors (Lipinski definition) is 6. The molecule has 0 bridgehead atoms. The first-order valence-electron chi connectivity index (χ1n) is 10.5. The first-order chi connectivity index (χ1) is 14.3. The van der Waals surface area contributed by atoms with E-state index in [2.05, 4.69) is 25.0 Å². The van der Waals surface area contributed by atoms with Gasteiger partial charge in [0, 0.05) is 50.1 Å². The smallest absolute Gasteiger partial charge is 0.225 e. The lowest BCUT2D eigenvalue weighted by molar-refractivity contribution is -0.135. The topological polar surface area (TPSA) is 79.5 Å². The minimum Gasteiger partial charge on any atom is -0.353 e. The lowest BCUT2D eigenvalue weighted by Gasteiger charge is -2.24. The molecule has 0 radical (unpaired) electrons. The van der Waals surface area contributed by atoms with E-state index in [4.69, 9.17) is 5.10 Å². The summed E-state index contributed by atoms with van der Waals surface area (Å²) in [5.74, 6) is 2.17. The highest BCUT2D eigenvalue weighted by molar-refractivity contribution is 5.79. The Kier molecular flexibility index (Phi) is 4.83. The number of aromatic nitrogens is 5. The molecule has 0 spiro atoms. The molecular weight excluding hydrogens is 366 g/mol. The average Bonchev–Trinajstić information content (AvgIpc) is 3.38. The molecule has 2 aliphatic rings. The fourth-order valence-electron chi connectivity index (χ4n) is 4.42. The molecule has 8 nitrogen and oxygen atoms in total. The summed E-state index contributed by atoms with van der Waals surface area (Å²) in [7, 11) is 0. The van der Waals surface area contributed by atoms with Gasteiger partial charge in [0.05, 0.1) is 0 Å². The average molecular weight is 391 g/mol. The van der Waals surface area contributed by atoms with Crippen molar-refractivity contribution in [3.05, 3.63) is 36.7 Å². The molecule has 1 saturated heterocycles. The van der Waals surface area contributed by atoms with Crippen molar-refractivity contribution in [2.45, 2.75) is 32.1 Å². The third kappa shape index (κ3) is 3.54. The maximum absolute atomic E-state index is 12.8. The molecular formula is C21H25N7O. The summed E-state index contributed by atoms with van der Waals surface area (Å²) in [6, 6.07) is 7.77. The lowest BCUT2D eigenvalue weighted by Crippen LogP contribution is -2.38. The monoisotopic (exact) mass is 391 g/mol. The van der Waals surface area contributed by atoms with Crippen molar-refractivity contribution >= 4 is 17.4 Å². The standard InChI is InChI=1S/C21H25N7O/c29-21(16-5-1-2-6-16)27-12-4-11-26(13-14-27)19-9-8-18-23-24-20(28(18)25-19)17-7-3-10-22-15-17/h3,7-10,15-16H,1-2,4-6,11-14H2. The Morgan fingerprint density at radius 2 is 1.86 bits per heavy atom. The Labute approximate surface area is 169 Å². The first-order valence-corrected chi connectivity index (χ1v) is 10.5. The van der Waals surface area contributed by atoms with Crippen LogP contribution in [0.5, 0.6) is 0 Å². The Bertz CT molecular complexity index is 997. The van der Waals surface area contributed by atoms with Crippen molar-refractivity contribution in [3.63, 3.8) is 0 Å². The van der Waals surface area contributed by atoms with Gasteiger partial charge in [-0.3, -0.25) is 9.78 Å². The van der Waals surface area contributed by atoms with Gasteiger partial charge in [0.1, 0.15) is 5.82 Å². The van der Waals surface area contributed by atoms with Gasteiger partial charge < -0.3 is 9.80 Å². The van der Waals surface area contributed by atoms with E-state index in [-0.39, 0.29) is 5.92 Å². The summed E-state index contributed by atoms with van der Waals surface area (Å²) < 4.78 is 1.78. The van der Waals surface area contributed by atoms with Gasteiger partial charge in [-0.2, -0.15) is 4.52 Å². The number of carbonyl (C=O) groups is 1. The molecule has 0 atom stereocenters. The van der Waals surface area contributed by atoms with E-state index in [1.807, 2.05) is 24.3 Å². The van der Waals surface area contributed by atoms with Crippen molar-refractivity contribution in [3.8, 4) is 11.4 Å². The van der Waals surface area contributed by atoms with Gasteiger partial charge in [0.25, 0.3) is 0 Å². The quantitative estimate of drug-likeness (QED) is 0.682. The highest BCUT2D eigenvalue weighted by Gasteiger charge is 2.28. The summed E-state index contributed by atoms with van der Waals surface area (Å²) in [5.41, 5.74) is 1.59. The van der Waals surface area contributed by atoms with E-state index in [9.17, 15) is 4.79 Å². The van der Waals surface area contributed by atoms with E-state index in [1.165, 1.54) is 12.8 Å². The molecule has 5 rings (SSSR count). The van der Waals surface area contributed by atoms with Gasteiger partial charge in [-0.05, 0) is 43.5 Å². The van der Waals surface area contributed by atoms with E-state index in [0.29, 0.717) is 17.4 Å². The maximum Gasteiger partial charge on any atom is 0.225 e. The number of pyridine rings is 1. The van der Waals surface area contributed by atoms with Gasteiger partial charge in [-0.1, -0.05) is 12.8 Å². The molecule has 3 aromatic rings. The Hall–Kier alpha value is -3.03. The highest BCUT2D eigenvalue weighted by Crippen LogP contribution is 2.27. The van der Waals surface area contributed by atoms with Gasteiger partial charge in [0.15, 0.2) is 11.5 Å². The number of carbonyl (C=O) groups excluding carboxylic acids is 1. The largest absolute Gasteiger partial charge is 0.353 e. The van der Waals surface area contributed by atoms with Crippen molar-refractivity contribution in [1.29, 1.82) is 0 Å². The van der Waals surface area contributed by atoms with Crippen molar-refractivity contribution in [2.24, 2.45) is 5.92 Å². The molecule has 150 valence electrons. The molecule has 1 aliphatic heterocycles. The Balaban J connectivity index is 1.36. The fraction of sp³-hybridized carbons (Fsp3) is 0.476. The third-order valence-electron chi connectivity index (χ3n) is 6.00. The van der Waals surface area contributed by atoms with Crippen LogP contribution in [0.2, 0.25) is 0 Å². The summed E-state index contributed by atoms with van der Waals surface area (Å²) >= 11 is 0. The summed E-state index contributed by atoms with van der Waals surface area (Å²) in [6.07, 6.45) is 8.96. The van der Waals surface area contributed by atoms with Gasteiger partial charge in [-0.25, -0.2) is 0 Å². The van der Waals surface area contributed by atoms with Crippen molar-refractivity contribution < 1.29 is 4.79 Å². The van der Waals surface area contributed by atoms with Crippen LogP contribution in [0.3, 0.4) is 0 Å². The molecule has 8 heteroatoms. The second-order valence-electron chi connectivity index (χ2n) is 7.87.